The molecule has 0 saturated carbocycles. The van der Waals surface area contributed by atoms with Gasteiger partial charge < -0.3 is 4.57 Å². The van der Waals surface area contributed by atoms with Crippen molar-refractivity contribution < 1.29 is 0 Å². The third-order valence-corrected chi connectivity index (χ3v) is 11.8. The minimum absolute atomic E-state index is 0.0944. The zero-order chi connectivity index (χ0) is 30.6. The van der Waals surface area contributed by atoms with Crippen LogP contribution in [-0.2, 0) is 3.55 Å². The predicted molar refractivity (Wildman–Crippen MR) is 218 cm³/mol. The number of halogens is 3. The minimum Gasteiger partial charge on any atom is -0.326 e. The molecule has 45 heavy (non-hydrogen) atoms. The molecule has 3 nitrogen and oxygen atoms in total. The lowest BCUT2D eigenvalue weighted by atomic mass is 9.98. The van der Waals surface area contributed by atoms with Gasteiger partial charge in [0.05, 0.1) is 82.4 Å². The molecule has 0 aliphatic carbocycles. The normalized spacial score (nSPS) is 12.6. The van der Waals surface area contributed by atoms with Gasteiger partial charge in [0.2, 0.25) is 0 Å². The molecule has 6 aromatic carbocycles. The van der Waals surface area contributed by atoms with Gasteiger partial charge in [-0.15, -0.1) is 0 Å². The van der Waals surface area contributed by atoms with Crippen LogP contribution < -0.4 is 0 Å². The van der Waals surface area contributed by atoms with E-state index in [0.717, 1.165) is 0 Å². The van der Waals surface area contributed by atoms with Gasteiger partial charge in [0, 0.05) is 32.3 Å². The van der Waals surface area contributed by atoms with Crippen LogP contribution in [0.3, 0.4) is 0 Å². The lowest BCUT2D eigenvalue weighted by molar-refractivity contribution is 0.609. The topological polar surface area (TPSA) is 14.8 Å². The summed E-state index contributed by atoms with van der Waals surface area (Å²) in [7, 11) is 0. The molecule has 9 rings (SSSR count). The summed E-state index contributed by atoms with van der Waals surface area (Å²) in [5.41, 5.74) is 12.5. The Labute approximate surface area is 301 Å². The number of hydrogen-bond donors (Lipinski definition) is 0. The molecule has 0 radical (unpaired) electrons. The van der Waals surface area contributed by atoms with E-state index >= 15 is 0 Å². The van der Waals surface area contributed by atoms with Crippen LogP contribution in [0.1, 0.15) is 13.8 Å². The minimum atomic E-state index is -0.0944. The third kappa shape index (κ3) is 4.24. The number of para-hydroxylation sites is 2. The molecule has 3 heterocycles. The first kappa shape index (κ1) is 28.2. The fourth-order valence-corrected chi connectivity index (χ4v) is 9.37. The highest BCUT2D eigenvalue weighted by atomic mass is 127. The lowest BCUT2D eigenvalue weighted by Crippen LogP contribution is -2.17. The van der Waals surface area contributed by atoms with Gasteiger partial charge in [-0.1, -0.05) is 83.3 Å². The Morgan fingerprint density at radius 2 is 0.711 bits per heavy atom. The molecule has 218 valence electrons. The molecule has 0 aliphatic rings. The predicted octanol–water partition coefficient (Wildman–Crippen LogP) is 12.9. The molecule has 0 bridgehead atoms. The average molecular weight is 917 g/mol. The zero-order valence-electron chi connectivity index (χ0n) is 24.5. The third-order valence-electron chi connectivity index (χ3n) is 9.19. The first-order chi connectivity index (χ1) is 21.8. The van der Waals surface area contributed by atoms with Crippen molar-refractivity contribution in [1.29, 1.82) is 0 Å². The van der Waals surface area contributed by atoms with Crippen LogP contribution in [0.5, 0.6) is 0 Å². The Kier molecular flexibility index (Phi) is 6.39. The summed E-state index contributed by atoms with van der Waals surface area (Å²) in [6.07, 6.45) is 0. The highest BCUT2D eigenvalue weighted by Gasteiger charge is 2.23. The molecule has 0 N–H and O–H groups in total. The summed E-state index contributed by atoms with van der Waals surface area (Å²) in [4.78, 5) is 0. The number of fused-ring (bicyclic) bond motifs is 9. The Bertz CT molecular complexity index is 2490. The van der Waals surface area contributed by atoms with Crippen molar-refractivity contribution in [2.24, 2.45) is 0 Å². The van der Waals surface area contributed by atoms with Crippen LogP contribution in [0.2, 0.25) is 0 Å². The van der Waals surface area contributed by atoms with Crippen molar-refractivity contribution in [3.05, 3.63) is 121 Å². The van der Waals surface area contributed by atoms with Crippen molar-refractivity contribution >= 4 is 134 Å². The van der Waals surface area contributed by atoms with Gasteiger partial charge in [0.25, 0.3) is 0 Å². The summed E-state index contributed by atoms with van der Waals surface area (Å²) < 4.78 is 6.93. The number of rotatable bonds is 3. The Morgan fingerprint density at radius 3 is 1.09 bits per heavy atom. The Balaban J connectivity index is 1.26. The zero-order valence-corrected chi connectivity index (χ0v) is 31.0. The number of benzene rings is 6. The summed E-state index contributed by atoms with van der Waals surface area (Å²) >= 11 is 7.41. The van der Waals surface area contributed by atoms with Gasteiger partial charge >= 0.3 is 0 Å². The second kappa shape index (κ2) is 10.2. The Hall–Kier alpha value is -3.09. The van der Waals surface area contributed by atoms with Crippen LogP contribution in [0.4, 0.5) is 0 Å². The van der Waals surface area contributed by atoms with Crippen molar-refractivity contribution in [2.45, 2.75) is 17.4 Å². The standard InChI is InChI=1S/C39H26I3N3/c1-39(2,40)43-33-15-11-23(25-13-17-37-29(19-25)27-7-3-5-9-35(27)44(37)41)21-31(33)32-22-24(12-16-34(32)43)26-14-18-38-30(20-26)28-8-4-6-10-36(28)45(38)42/h3-22H,1-2H3. The Morgan fingerprint density at radius 1 is 0.400 bits per heavy atom. The highest BCUT2D eigenvalue weighted by molar-refractivity contribution is 14.1. The molecule has 0 unspecified atom stereocenters. The fraction of sp³-hybridized carbons (Fsp3) is 0.0769. The smallest absolute Gasteiger partial charge is 0.0910 e. The van der Waals surface area contributed by atoms with Crippen LogP contribution >= 0.6 is 68.3 Å². The van der Waals surface area contributed by atoms with E-state index < -0.39 is 0 Å². The molecule has 6 heteroatoms. The molecule has 0 fully saturated rings. The molecular formula is C39H26I3N3. The van der Waals surface area contributed by atoms with Crippen LogP contribution in [-0.4, -0.2) is 10.1 Å². The van der Waals surface area contributed by atoms with Crippen molar-refractivity contribution in [1.82, 2.24) is 10.1 Å². The largest absolute Gasteiger partial charge is 0.326 e. The van der Waals surface area contributed by atoms with Crippen LogP contribution in [0, 0.1) is 0 Å². The van der Waals surface area contributed by atoms with E-state index in [1.807, 2.05) is 0 Å². The van der Waals surface area contributed by atoms with Gasteiger partial charge in [-0.3, -0.25) is 5.56 Å². The van der Waals surface area contributed by atoms with E-state index in [2.05, 4.69) is 214 Å². The summed E-state index contributed by atoms with van der Waals surface area (Å²) in [5.74, 6) is 0. The molecule has 3 aromatic heterocycles. The molecule has 0 amide bonds. The van der Waals surface area contributed by atoms with E-state index in [-0.39, 0.29) is 3.55 Å². The molecule has 0 aliphatic heterocycles. The average Bonchev–Trinajstić information content (AvgIpc) is 3.65. The maximum Gasteiger partial charge on any atom is 0.0910 e. The van der Waals surface area contributed by atoms with Crippen molar-refractivity contribution in [3.63, 3.8) is 0 Å². The van der Waals surface area contributed by atoms with E-state index in [9.17, 15) is 0 Å². The van der Waals surface area contributed by atoms with Gasteiger partial charge in [0.15, 0.2) is 0 Å². The van der Waals surface area contributed by atoms with Crippen LogP contribution in [0.15, 0.2) is 121 Å². The van der Waals surface area contributed by atoms with Crippen molar-refractivity contribution in [3.8, 4) is 22.3 Å². The fourth-order valence-electron chi connectivity index (χ4n) is 7.17. The number of nitrogens with zero attached hydrogens (tertiary/aromatic N) is 3. The van der Waals surface area contributed by atoms with E-state index in [4.69, 9.17) is 0 Å². The van der Waals surface area contributed by atoms with Crippen LogP contribution in [0.25, 0.3) is 87.7 Å². The number of hydrogen-bond acceptors (Lipinski definition) is 0. The van der Waals surface area contributed by atoms with Gasteiger partial charge in [-0.05, 0) is 96.8 Å². The maximum absolute atomic E-state index is 2.57. The van der Waals surface area contributed by atoms with E-state index in [0.29, 0.717) is 0 Å². The monoisotopic (exact) mass is 917 g/mol. The van der Waals surface area contributed by atoms with Crippen molar-refractivity contribution in [2.75, 3.05) is 0 Å². The number of alkyl halides is 1. The summed E-state index contributed by atoms with van der Waals surface area (Å²) in [6, 6.07) is 45.1. The second-order valence-corrected chi connectivity index (χ2v) is 16.8. The summed E-state index contributed by atoms with van der Waals surface area (Å²) in [5, 5.41) is 7.74. The summed E-state index contributed by atoms with van der Waals surface area (Å²) in [6.45, 7) is 4.57. The van der Waals surface area contributed by atoms with Gasteiger partial charge in [-0.25, -0.2) is 0 Å². The highest BCUT2D eigenvalue weighted by Crippen LogP contribution is 2.42. The lowest BCUT2D eigenvalue weighted by Gasteiger charge is -2.22. The van der Waals surface area contributed by atoms with E-state index in [1.165, 1.54) is 87.7 Å². The quantitative estimate of drug-likeness (QED) is 0.124. The maximum atomic E-state index is 2.57. The second-order valence-electron chi connectivity index (χ2n) is 12.3. The molecule has 0 spiro atoms. The first-order valence-corrected chi connectivity index (χ1v) is 18.0. The van der Waals surface area contributed by atoms with E-state index in [1.54, 1.807) is 0 Å². The molecule has 9 aromatic rings. The first-order valence-electron chi connectivity index (χ1n) is 14.9. The molecule has 0 saturated heterocycles. The molecular weight excluding hydrogens is 891 g/mol. The number of aromatic nitrogens is 3. The molecule has 0 atom stereocenters. The van der Waals surface area contributed by atoms with Gasteiger partial charge in [0.1, 0.15) is 0 Å². The SMILES string of the molecule is CC(C)(I)n1c2ccc(-c3ccc4c(c3)c3ccccc3n4I)cc2c2cc(-c3ccc4c(c3)c3ccccc3n4I)ccc21. The van der Waals surface area contributed by atoms with Gasteiger partial charge in [-0.2, -0.15) is 0 Å².